The Morgan fingerprint density at radius 1 is 1.25 bits per heavy atom. The molecular formula is HBr2LiMg. The van der Waals surface area contributed by atoms with Gasteiger partial charge in [0, 0.05) is 0 Å². The summed E-state index contributed by atoms with van der Waals surface area (Å²) in [6, 6.07) is 0. The zero-order valence-corrected chi connectivity index (χ0v) is 6.05. The van der Waals surface area contributed by atoms with Crippen molar-refractivity contribution in [2.24, 2.45) is 0 Å². The molecule has 0 aliphatic heterocycles. The first-order chi connectivity index (χ1) is 1.41. The Morgan fingerprint density at radius 3 is 1.25 bits per heavy atom. The van der Waals surface area contributed by atoms with Gasteiger partial charge in [0.25, 0.3) is 0 Å². The maximum absolute atomic E-state index is 3.20. The fraction of sp³-hybridized carbons (Fsp3) is 0. The van der Waals surface area contributed by atoms with Gasteiger partial charge in [-0.15, -0.1) is 0 Å². The SMILES string of the molecule is [Br][Mg][Br].[LiH]. The number of rotatable bonds is 0. The molecule has 0 atom stereocenters. The second-order valence-electron chi connectivity index (χ2n) is 0.101. The molecule has 0 aromatic rings. The fourth-order valence-corrected chi connectivity index (χ4v) is 0. The molecule has 18 valence electrons. The van der Waals surface area contributed by atoms with E-state index in [4.69, 9.17) is 0 Å². The quantitative estimate of drug-likeness (QED) is 0.494. The third kappa shape index (κ3) is 8.85. The van der Waals surface area contributed by atoms with Crippen molar-refractivity contribution in [1.82, 2.24) is 0 Å². The summed E-state index contributed by atoms with van der Waals surface area (Å²) in [6.07, 6.45) is 0. The third-order valence-electron chi connectivity index (χ3n) is 0. The Balaban J connectivity index is 0. The number of halogens is 2. The molecule has 0 rings (SSSR count). The third-order valence-corrected chi connectivity index (χ3v) is 0. The molecule has 0 N–H and O–H groups in total. The molecular weight excluding hydrogens is 191 g/mol. The summed E-state index contributed by atoms with van der Waals surface area (Å²) in [4.78, 5) is 0. The molecule has 4 heteroatoms. The molecule has 0 saturated heterocycles. The van der Waals surface area contributed by atoms with E-state index in [0.717, 1.165) is 0 Å². The molecule has 0 radical (unpaired) electrons. The van der Waals surface area contributed by atoms with Gasteiger partial charge in [0.2, 0.25) is 0 Å². The topological polar surface area (TPSA) is 0 Å². The molecule has 0 aromatic heterocycles. The van der Waals surface area contributed by atoms with Crippen LogP contribution >= 0.6 is 25.8 Å². The average Bonchev–Trinajstić information content (AvgIpc) is 0.918. The first-order valence-electron chi connectivity index (χ1n) is 0.535. The molecule has 0 amide bonds. The van der Waals surface area contributed by atoms with Gasteiger partial charge in [0.1, 0.15) is 0 Å². The van der Waals surface area contributed by atoms with E-state index in [1.54, 1.807) is 0 Å². The van der Waals surface area contributed by atoms with E-state index in [2.05, 4.69) is 25.8 Å². The van der Waals surface area contributed by atoms with Crippen LogP contribution in [0.25, 0.3) is 0 Å². The van der Waals surface area contributed by atoms with E-state index in [1.807, 2.05) is 0 Å². The molecule has 0 fully saturated rings. The van der Waals surface area contributed by atoms with E-state index in [-0.39, 0.29) is 34.9 Å². The van der Waals surface area contributed by atoms with E-state index in [0.29, 0.717) is 0 Å². The molecule has 0 bridgehead atoms. The minimum atomic E-state index is 0. The van der Waals surface area contributed by atoms with Crippen molar-refractivity contribution in [3.63, 3.8) is 0 Å². The predicted octanol–water partition coefficient (Wildman–Crippen LogP) is 0.662. The average molecular weight is 192 g/mol. The maximum atomic E-state index is 3.20. The van der Waals surface area contributed by atoms with Crippen molar-refractivity contribution in [3.05, 3.63) is 0 Å². The van der Waals surface area contributed by atoms with Crippen molar-refractivity contribution in [1.29, 1.82) is 0 Å². The fourth-order valence-electron chi connectivity index (χ4n) is 0. The molecule has 0 heterocycles. The van der Waals surface area contributed by atoms with Gasteiger partial charge in [-0.2, -0.15) is 0 Å². The Kier molecular flexibility index (Phi) is 21.6. The zero-order valence-electron chi connectivity index (χ0n) is 1.46. The van der Waals surface area contributed by atoms with Gasteiger partial charge in [-0.3, -0.25) is 25.8 Å². The summed E-state index contributed by atoms with van der Waals surface area (Å²) < 4.78 is 0. The van der Waals surface area contributed by atoms with Crippen LogP contribution in [-0.4, -0.2) is 34.9 Å². The Labute approximate surface area is 59.7 Å². The van der Waals surface area contributed by atoms with E-state index >= 15 is 0 Å². The van der Waals surface area contributed by atoms with Crippen molar-refractivity contribution < 1.29 is 0 Å². The van der Waals surface area contributed by atoms with Crippen molar-refractivity contribution in [2.75, 3.05) is 0 Å². The monoisotopic (exact) mass is 190 g/mol. The second kappa shape index (κ2) is 9.01. The summed E-state index contributed by atoms with van der Waals surface area (Å²) in [7, 11) is 0. The van der Waals surface area contributed by atoms with Crippen LogP contribution in [0.3, 0.4) is 0 Å². The number of hydrogen-bond acceptors (Lipinski definition) is 0. The predicted molar refractivity (Wildman–Crippen MR) is 30.8 cm³/mol. The van der Waals surface area contributed by atoms with E-state index in [1.165, 1.54) is 0 Å². The second-order valence-corrected chi connectivity index (χ2v) is 8.18. The van der Waals surface area contributed by atoms with Gasteiger partial charge in [0.15, 0.2) is 0 Å². The Bertz CT molecular complexity index is 6.00. The van der Waals surface area contributed by atoms with Crippen molar-refractivity contribution in [2.45, 2.75) is 0 Å². The molecule has 0 spiro atoms. The first-order valence-corrected chi connectivity index (χ1v) is 8.33. The molecule has 0 aliphatic carbocycles. The summed E-state index contributed by atoms with van der Waals surface area (Å²) in [5.41, 5.74) is 0. The van der Waals surface area contributed by atoms with Gasteiger partial charge < -0.3 is 0 Å². The Hall–Kier alpha value is 2.32. The molecule has 0 saturated carbocycles. The summed E-state index contributed by atoms with van der Waals surface area (Å²) in [5.74, 6) is 0. The molecule has 0 aromatic carbocycles. The molecule has 0 unspecified atom stereocenters. The van der Waals surface area contributed by atoms with Crippen LogP contribution in [0.4, 0.5) is 0 Å². The zero-order chi connectivity index (χ0) is 2.71. The van der Waals surface area contributed by atoms with Crippen LogP contribution < -0.4 is 0 Å². The molecule has 0 aliphatic rings. The van der Waals surface area contributed by atoms with Gasteiger partial charge in [-0.05, 0) is 0 Å². The van der Waals surface area contributed by atoms with E-state index in [9.17, 15) is 0 Å². The standard InChI is InChI=1S/2BrH.Li.Mg.H/h2*1H;;;/q;;;+2;/p-2. The van der Waals surface area contributed by atoms with Crippen LogP contribution in [0.2, 0.25) is 0 Å². The Morgan fingerprint density at radius 2 is 1.25 bits per heavy atom. The van der Waals surface area contributed by atoms with Crippen LogP contribution in [0.1, 0.15) is 0 Å². The van der Waals surface area contributed by atoms with Gasteiger partial charge in [-0.25, -0.2) is 0 Å². The molecule has 4 heavy (non-hydrogen) atoms. The molecule has 0 nitrogen and oxygen atoms in total. The normalized spacial score (nSPS) is 2.50. The number of hydrogen-bond donors (Lipinski definition) is 0. The summed E-state index contributed by atoms with van der Waals surface area (Å²) in [5, 5.41) is 0. The van der Waals surface area contributed by atoms with Gasteiger partial charge >= 0.3 is 34.9 Å². The van der Waals surface area contributed by atoms with Crippen LogP contribution in [0.5, 0.6) is 0 Å². The van der Waals surface area contributed by atoms with Crippen molar-refractivity contribution >= 4 is 60.6 Å². The van der Waals surface area contributed by atoms with Crippen LogP contribution in [0, 0.1) is 0 Å². The summed E-state index contributed by atoms with van der Waals surface area (Å²) >= 11 is 6.44. The summed E-state index contributed by atoms with van der Waals surface area (Å²) in [6.45, 7) is 0. The van der Waals surface area contributed by atoms with Crippen LogP contribution in [-0.2, 0) is 0 Å². The van der Waals surface area contributed by atoms with Crippen molar-refractivity contribution in [3.8, 4) is 0 Å². The van der Waals surface area contributed by atoms with Crippen LogP contribution in [0.15, 0.2) is 0 Å². The first kappa shape index (κ1) is 9.59. The van der Waals surface area contributed by atoms with E-state index < -0.39 is 0 Å². The van der Waals surface area contributed by atoms with Gasteiger partial charge in [0.05, 0.1) is 0 Å². The van der Waals surface area contributed by atoms with Gasteiger partial charge in [-0.1, -0.05) is 0 Å². The minimum absolute atomic E-state index is 0.